The van der Waals surface area contributed by atoms with Crippen molar-refractivity contribution in [2.75, 3.05) is 0 Å². The Morgan fingerprint density at radius 2 is 1.89 bits per heavy atom. The number of carbonyl (C=O) groups excluding carboxylic acids is 1. The second-order valence-corrected chi connectivity index (χ2v) is 6.87. The minimum absolute atomic E-state index is 0.262. The molecule has 1 aliphatic carbocycles. The Morgan fingerprint density at radius 3 is 2.42 bits per heavy atom. The standard InChI is InChI=1S/C16H31NO2/c1-5-9-14(12-13-10-7-6-8-11-13)17-15(18)19-16(2,3)4/h13-14H,5-12H2,1-4H3,(H,17,18)/t14-/m0/s1. The van der Waals surface area contributed by atoms with Gasteiger partial charge in [-0.3, -0.25) is 0 Å². The maximum Gasteiger partial charge on any atom is 0.407 e. The zero-order valence-corrected chi connectivity index (χ0v) is 13.1. The largest absolute Gasteiger partial charge is 0.444 e. The number of ether oxygens (including phenoxy) is 1. The number of rotatable bonds is 5. The molecule has 3 nitrogen and oxygen atoms in total. The summed E-state index contributed by atoms with van der Waals surface area (Å²) in [5, 5.41) is 3.06. The van der Waals surface area contributed by atoms with Gasteiger partial charge in [0.05, 0.1) is 0 Å². The van der Waals surface area contributed by atoms with Crippen molar-refractivity contribution in [1.82, 2.24) is 5.32 Å². The van der Waals surface area contributed by atoms with Gasteiger partial charge >= 0.3 is 6.09 Å². The average molecular weight is 269 g/mol. The van der Waals surface area contributed by atoms with Gasteiger partial charge in [-0.2, -0.15) is 0 Å². The lowest BCUT2D eigenvalue weighted by molar-refractivity contribution is 0.0492. The van der Waals surface area contributed by atoms with Gasteiger partial charge < -0.3 is 10.1 Å². The summed E-state index contributed by atoms with van der Waals surface area (Å²) >= 11 is 0. The molecule has 0 bridgehead atoms. The van der Waals surface area contributed by atoms with Crippen molar-refractivity contribution in [2.45, 2.75) is 90.7 Å². The minimum Gasteiger partial charge on any atom is -0.444 e. The van der Waals surface area contributed by atoms with E-state index in [2.05, 4.69) is 12.2 Å². The van der Waals surface area contributed by atoms with Crippen molar-refractivity contribution >= 4 is 6.09 Å². The van der Waals surface area contributed by atoms with Crippen molar-refractivity contribution in [1.29, 1.82) is 0 Å². The van der Waals surface area contributed by atoms with Crippen LogP contribution < -0.4 is 5.32 Å². The molecule has 19 heavy (non-hydrogen) atoms. The van der Waals surface area contributed by atoms with Gasteiger partial charge in [-0.25, -0.2) is 4.79 Å². The summed E-state index contributed by atoms with van der Waals surface area (Å²) in [4.78, 5) is 11.9. The van der Waals surface area contributed by atoms with E-state index in [1.54, 1.807) is 0 Å². The maximum atomic E-state index is 11.9. The van der Waals surface area contributed by atoms with Crippen LogP contribution in [0.25, 0.3) is 0 Å². The molecule has 0 aromatic carbocycles. The van der Waals surface area contributed by atoms with Crippen LogP contribution in [0.4, 0.5) is 4.79 Å². The fourth-order valence-corrected chi connectivity index (χ4v) is 2.90. The molecule has 1 fully saturated rings. The summed E-state index contributed by atoms with van der Waals surface area (Å²) in [6.07, 6.45) is 9.77. The van der Waals surface area contributed by atoms with E-state index >= 15 is 0 Å². The summed E-state index contributed by atoms with van der Waals surface area (Å²) in [5.74, 6) is 0.792. The van der Waals surface area contributed by atoms with Crippen LogP contribution in [-0.4, -0.2) is 17.7 Å². The molecule has 1 aliphatic rings. The normalized spacial score (nSPS) is 18.9. The first kappa shape index (κ1) is 16.3. The fourth-order valence-electron chi connectivity index (χ4n) is 2.90. The summed E-state index contributed by atoms with van der Waals surface area (Å²) in [6.45, 7) is 7.89. The van der Waals surface area contributed by atoms with Crippen LogP contribution in [0.2, 0.25) is 0 Å². The second-order valence-electron chi connectivity index (χ2n) is 6.87. The lowest BCUT2D eigenvalue weighted by atomic mass is 9.84. The number of alkyl carbamates (subject to hydrolysis) is 1. The van der Waals surface area contributed by atoms with E-state index in [1.807, 2.05) is 20.8 Å². The number of amides is 1. The zero-order valence-electron chi connectivity index (χ0n) is 13.1. The minimum atomic E-state index is -0.411. The zero-order chi connectivity index (χ0) is 14.3. The lowest BCUT2D eigenvalue weighted by Crippen LogP contribution is -2.40. The van der Waals surface area contributed by atoms with Crippen LogP contribution in [0.3, 0.4) is 0 Å². The molecule has 0 radical (unpaired) electrons. The van der Waals surface area contributed by atoms with Gasteiger partial charge in [-0.15, -0.1) is 0 Å². The lowest BCUT2D eigenvalue weighted by Gasteiger charge is -2.28. The summed E-state index contributed by atoms with van der Waals surface area (Å²) in [5.41, 5.74) is -0.411. The third-order valence-electron chi connectivity index (χ3n) is 3.70. The highest BCUT2D eigenvalue weighted by molar-refractivity contribution is 5.68. The smallest absolute Gasteiger partial charge is 0.407 e. The molecule has 0 aliphatic heterocycles. The highest BCUT2D eigenvalue weighted by atomic mass is 16.6. The molecule has 1 N–H and O–H groups in total. The SMILES string of the molecule is CCC[C@@H](CC1CCCCC1)NC(=O)OC(C)(C)C. The van der Waals surface area contributed by atoms with Crippen LogP contribution in [0.5, 0.6) is 0 Å². The summed E-state index contributed by atoms with van der Waals surface area (Å²) in [6, 6.07) is 0.281. The average Bonchev–Trinajstić information content (AvgIpc) is 2.27. The molecule has 0 unspecified atom stereocenters. The van der Waals surface area contributed by atoms with Crippen LogP contribution in [0.1, 0.15) is 79.1 Å². The van der Waals surface area contributed by atoms with Crippen molar-refractivity contribution in [2.24, 2.45) is 5.92 Å². The van der Waals surface area contributed by atoms with Gasteiger partial charge in [0.2, 0.25) is 0 Å². The third kappa shape index (κ3) is 7.44. The molecular formula is C16H31NO2. The molecule has 1 atom stereocenters. The molecule has 0 aromatic rings. The van der Waals surface area contributed by atoms with E-state index in [0.717, 1.165) is 25.2 Å². The van der Waals surface area contributed by atoms with Crippen LogP contribution in [-0.2, 0) is 4.74 Å². The summed E-state index contributed by atoms with van der Waals surface area (Å²) < 4.78 is 5.35. The van der Waals surface area contributed by atoms with Gasteiger partial charge in [0, 0.05) is 6.04 Å². The Bertz CT molecular complexity index is 264. The van der Waals surface area contributed by atoms with E-state index < -0.39 is 5.60 Å². The molecule has 0 heterocycles. The quantitative estimate of drug-likeness (QED) is 0.789. The summed E-state index contributed by atoms with van der Waals surface area (Å²) in [7, 11) is 0. The van der Waals surface area contributed by atoms with Gasteiger partial charge in [0.25, 0.3) is 0 Å². The highest BCUT2D eigenvalue weighted by Crippen LogP contribution is 2.28. The first-order valence-electron chi connectivity index (χ1n) is 7.90. The number of hydrogen-bond acceptors (Lipinski definition) is 2. The molecule has 0 saturated heterocycles. The number of carbonyl (C=O) groups is 1. The predicted octanol–water partition coefficient (Wildman–Crippen LogP) is 4.65. The molecule has 0 spiro atoms. The molecule has 1 rings (SSSR count). The highest BCUT2D eigenvalue weighted by Gasteiger charge is 2.22. The molecule has 1 saturated carbocycles. The monoisotopic (exact) mass is 269 g/mol. The molecule has 0 aromatic heterocycles. The molecule has 3 heteroatoms. The Balaban J connectivity index is 2.40. The Kier molecular flexibility index (Phi) is 6.67. The number of hydrogen-bond donors (Lipinski definition) is 1. The van der Waals surface area contributed by atoms with E-state index in [9.17, 15) is 4.79 Å². The third-order valence-corrected chi connectivity index (χ3v) is 3.70. The molecule has 112 valence electrons. The van der Waals surface area contributed by atoms with Gasteiger partial charge in [0.1, 0.15) is 5.60 Å². The van der Waals surface area contributed by atoms with E-state index in [0.29, 0.717) is 0 Å². The topological polar surface area (TPSA) is 38.3 Å². The van der Waals surface area contributed by atoms with Crippen molar-refractivity contribution < 1.29 is 9.53 Å². The van der Waals surface area contributed by atoms with Gasteiger partial charge in [0.15, 0.2) is 0 Å². The fraction of sp³-hybridized carbons (Fsp3) is 0.938. The van der Waals surface area contributed by atoms with E-state index in [1.165, 1.54) is 32.1 Å². The van der Waals surface area contributed by atoms with Crippen molar-refractivity contribution in [3.8, 4) is 0 Å². The number of nitrogens with one attached hydrogen (secondary N) is 1. The van der Waals surface area contributed by atoms with Crippen molar-refractivity contribution in [3.63, 3.8) is 0 Å². The van der Waals surface area contributed by atoms with Gasteiger partial charge in [-0.1, -0.05) is 45.4 Å². The second kappa shape index (κ2) is 7.76. The van der Waals surface area contributed by atoms with E-state index in [-0.39, 0.29) is 12.1 Å². The Morgan fingerprint density at radius 1 is 1.26 bits per heavy atom. The Labute approximate surface area is 118 Å². The molecule has 1 amide bonds. The van der Waals surface area contributed by atoms with E-state index in [4.69, 9.17) is 4.74 Å². The van der Waals surface area contributed by atoms with Crippen LogP contribution in [0.15, 0.2) is 0 Å². The van der Waals surface area contributed by atoms with Gasteiger partial charge in [-0.05, 0) is 39.5 Å². The first-order valence-corrected chi connectivity index (χ1v) is 7.90. The first-order chi connectivity index (χ1) is 8.90. The molecular weight excluding hydrogens is 238 g/mol. The maximum absolute atomic E-state index is 11.9. The Hall–Kier alpha value is -0.730. The van der Waals surface area contributed by atoms with Crippen LogP contribution in [0, 0.1) is 5.92 Å². The van der Waals surface area contributed by atoms with Crippen molar-refractivity contribution in [3.05, 3.63) is 0 Å². The van der Waals surface area contributed by atoms with Crippen LogP contribution >= 0.6 is 0 Å². The predicted molar refractivity (Wildman–Crippen MR) is 79.3 cm³/mol.